The molecule has 0 aliphatic heterocycles. The molecule has 0 saturated heterocycles. The zero-order valence-corrected chi connectivity index (χ0v) is 18.2. The Morgan fingerprint density at radius 1 is 1.00 bits per heavy atom. The third-order valence-corrected chi connectivity index (χ3v) is 5.75. The molecule has 0 atom stereocenters. The molecule has 148 valence electrons. The molecule has 0 N–H and O–H groups in total. The first-order chi connectivity index (χ1) is 14.0. The Balaban J connectivity index is 1.80. The molecule has 0 amide bonds. The van der Waals surface area contributed by atoms with Crippen molar-refractivity contribution in [2.24, 2.45) is 0 Å². The molecule has 29 heavy (non-hydrogen) atoms. The number of methoxy groups -OCH3 is 3. The van der Waals surface area contributed by atoms with Gasteiger partial charge in [0.25, 0.3) is 5.56 Å². The molecule has 9 heteroatoms. The molecular formula is C20H16BrN3O4S. The molecule has 4 rings (SSSR count). The maximum Gasteiger partial charge on any atom is 0.291 e. The van der Waals surface area contributed by atoms with E-state index in [0.717, 1.165) is 15.6 Å². The van der Waals surface area contributed by atoms with Crippen molar-refractivity contribution in [3.8, 4) is 28.6 Å². The molecule has 0 spiro atoms. The highest BCUT2D eigenvalue weighted by atomic mass is 79.9. The number of fused-ring (bicyclic) bond motifs is 1. The van der Waals surface area contributed by atoms with Crippen molar-refractivity contribution >= 4 is 38.3 Å². The molecule has 0 fully saturated rings. The van der Waals surface area contributed by atoms with E-state index in [1.54, 1.807) is 39.5 Å². The molecule has 0 aliphatic carbocycles. The summed E-state index contributed by atoms with van der Waals surface area (Å²) in [4.78, 5) is 17.9. The fourth-order valence-corrected chi connectivity index (χ4v) is 4.17. The molecule has 7 nitrogen and oxygen atoms in total. The van der Waals surface area contributed by atoms with Gasteiger partial charge in [0.15, 0.2) is 17.3 Å². The molecule has 2 aromatic heterocycles. The quantitative estimate of drug-likeness (QED) is 0.443. The minimum atomic E-state index is -0.230. The Labute approximate surface area is 178 Å². The number of halogens is 1. The first-order valence-corrected chi connectivity index (χ1v) is 10.1. The summed E-state index contributed by atoms with van der Waals surface area (Å²) in [6, 6.07) is 11.0. The van der Waals surface area contributed by atoms with Crippen LogP contribution in [0.25, 0.3) is 22.4 Å². The van der Waals surface area contributed by atoms with Crippen LogP contribution < -0.4 is 24.3 Å². The minimum absolute atomic E-state index is 0.230. The van der Waals surface area contributed by atoms with Crippen LogP contribution in [0, 0.1) is 0 Å². The fourth-order valence-electron chi connectivity index (χ4n) is 2.89. The summed E-state index contributed by atoms with van der Waals surface area (Å²) in [5.41, 5.74) is 1.30. The van der Waals surface area contributed by atoms with Gasteiger partial charge in [-0.25, -0.2) is 0 Å². The van der Waals surface area contributed by atoms with Crippen LogP contribution in [-0.2, 0) is 0 Å². The first-order valence-electron chi connectivity index (χ1n) is 8.51. The summed E-state index contributed by atoms with van der Waals surface area (Å²) in [5, 5.41) is 4.38. The van der Waals surface area contributed by atoms with Crippen LogP contribution in [0.2, 0.25) is 0 Å². The van der Waals surface area contributed by atoms with Gasteiger partial charge in [0.2, 0.25) is 4.96 Å². The molecule has 0 saturated carbocycles. The number of thiazole rings is 1. The molecule has 2 aromatic carbocycles. The molecule has 0 radical (unpaired) electrons. The van der Waals surface area contributed by atoms with Crippen molar-refractivity contribution in [1.29, 1.82) is 0 Å². The number of rotatable bonds is 5. The Morgan fingerprint density at radius 3 is 2.41 bits per heavy atom. The van der Waals surface area contributed by atoms with E-state index in [0.29, 0.717) is 32.6 Å². The van der Waals surface area contributed by atoms with Gasteiger partial charge in [0.1, 0.15) is 5.75 Å². The number of aromatic nitrogens is 3. The zero-order chi connectivity index (χ0) is 20.5. The van der Waals surface area contributed by atoms with Crippen LogP contribution >= 0.6 is 27.3 Å². The van der Waals surface area contributed by atoms with Crippen LogP contribution in [-0.4, -0.2) is 35.9 Å². The first kappa shape index (κ1) is 19.4. The van der Waals surface area contributed by atoms with Gasteiger partial charge in [-0.3, -0.25) is 4.79 Å². The summed E-state index contributed by atoms with van der Waals surface area (Å²) in [5.74, 6) is 2.31. The van der Waals surface area contributed by atoms with Crippen LogP contribution in [0.15, 0.2) is 45.7 Å². The predicted molar refractivity (Wildman–Crippen MR) is 115 cm³/mol. The van der Waals surface area contributed by atoms with E-state index in [-0.39, 0.29) is 5.56 Å². The maximum atomic E-state index is 12.8. The van der Waals surface area contributed by atoms with Crippen LogP contribution in [0.3, 0.4) is 0 Å². The lowest BCUT2D eigenvalue weighted by Gasteiger charge is -2.07. The highest BCUT2D eigenvalue weighted by Crippen LogP contribution is 2.31. The van der Waals surface area contributed by atoms with Crippen LogP contribution in [0.4, 0.5) is 0 Å². The Kier molecular flexibility index (Phi) is 5.25. The number of benzene rings is 2. The van der Waals surface area contributed by atoms with Gasteiger partial charge in [0, 0.05) is 15.6 Å². The largest absolute Gasteiger partial charge is 0.496 e. The Hall–Kier alpha value is -2.91. The predicted octanol–water partition coefficient (Wildman–Crippen LogP) is 3.15. The normalized spacial score (nSPS) is 11.8. The average molecular weight is 474 g/mol. The second-order valence-electron chi connectivity index (χ2n) is 6.00. The molecule has 0 bridgehead atoms. The molecule has 0 unspecified atom stereocenters. The van der Waals surface area contributed by atoms with E-state index in [1.165, 1.54) is 15.9 Å². The third-order valence-electron chi connectivity index (χ3n) is 4.30. The topological polar surface area (TPSA) is 74.9 Å². The van der Waals surface area contributed by atoms with Gasteiger partial charge < -0.3 is 14.2 Å². The van der Waals surface area contributed by atoms with Crippen molar-refractivity contribution in [2.75, 3.05) is 21.3 Å². The molecular weight excluding hydrogens is 458 g/mol. The lowest BCUT2D eigenvalue weighted by atomic mass is 10.2. The highest BCUT2D eigenvalue weighted by molar-refractivity contribution is 9.10. The smallest absolute Gasteiger partial charge is 0.291 e. The van der Waals surface area contributed by atoms with Crippen molar-refractivity contribution in [3.05, 3.63) is 61.3 Å². The Morgan fingerprint density at radius 2 is 1.72 bits per heavy atom. The van der Waals surface area contributed by atoms with Crippen molar-refractivity contribution in [2.45, 2.75) is 0 Å². The summed E-state index contributed by atoms with van der Waals surface area (Å²) in [6.45, 7) is 0. The standard InChI is InChI=1S/C20H16BrN3O4S/c1-26-14-7-5-13(21)8-12(14)10-17-19(25)24-20(29-17)22-18(23-24)11-4-6-15(27-2)16(9-11)28-3/h4-10H,1-3H3. The van der Waals surface area contributed by atoms with E-state index in [4.69, 9.17) is 14.2 Å². The number of ether oxygens (including phenoxy) is 3. The monoisotopic (exact) mass is 473 g/mol. The lowest BCUT2D eigenvalue weighted by Crippen LogP contribution is -2.23. The number of nitrogens with zero attached hydrogens (tertiary/aromatic N) is 3. The molecule has 4 aromatic rings. The summed E-state index contributed by atoms with van der Waals surface area (Å²) in [7, 11) is 4.73. The number of hydrogen-bond donors (Lipinski definition) is 0. The van der Waals surface area contributed by atoms with Gasteiger partial charge >= 0.3 is 0 Å². The lowest BCUT2D eigenvalue weighted by molar-refractivity contribution is 0.355. The van der Waals surface area contributed by atoms with E-state index < -0.39 is 0 Å². The average Bonchev–Trinajstić information content (AvgIpc) is 3.27. The van der Waals surface area contributed by atoms with Gasteiger partial charge in [0.05, 0.1) is 25.9 Å². The van der Waals surface area contributed by atoms with E-state index in [2.05, 4.69) is 26.0 Å². The second-order valence-corrected chi connectivity index (χ2v) is 7.93. The van der Waals surface area contributed by atoms with Crippen LogP contribution in [0.5, 0.6) is 17.2 Å². The van der Waals surface area contributed by atoms with Gasteiger partial charge in [-0.2, -0.15) is 9.50 Å². The molecule has 0 aliphatic rings. The minimum Gasteiger partial charge on any atom is -0.496 e. The summed E-state index contributed by atoms with van der Waals surface area (Å²) in [6.07, 6.45) is 1.78. The number of hydrogen-bond acceptors (Lipinski definition) is 7. The van der Waals surface area contributed by atoms with E-state index in [9.17, 15) is 4.79 Å². The van der Waals surface area contributed by atoms with Gasteiger partial charge in [-0.15, -0.1) is 5.10 Å². The van der Waals surface area contributed by atoms with E-state index in [1.807, 2.05) is 24.3 Å². The van der Waals surface area contributed by atoms with Crippen molar-refractivity contribution < 1.29 is 14.2 Å². The zero-order valence-electron chi connectivity index (χ0n) is 15.8. The van der Waals surface area contributed by atoms with Crippen molar-refractivity contribution in [3.63, 3.8) is 0 Å². The summed E-state index contributed by atoms with van der Waals surface area (Å²) < 4.78 is 18.7. The fraction of sp³-hybridized carbons (Fsp3) is 0.150. The second kappa shape index (κ2) is 7.84. The highest BCUT2D eigenvalue weighted by Gasteiger charge is 2.14. The SMILES string of the molecule is COc1ccc(Br)cc1C=c1sc2nc(-c3ccc(OC)c(OC)c3)nn2c1=O. The molecule has 2 heterocycles. The third kappa shape index (κ3) is 3.58. The Bertz CT molecular complexity index is 1320. The van der Waals surface area contributed by atoms with Gasteiger partial charge in [-0.05, 0) is 42.5 Å². The van der Waals surface area contributed by atoms with Crippen LogP contribution in [0.1, 0.15) is 5.56 Å². The maximum absolute atomic E-state index is 12.8. The van der Waals surface area contributed by atoms with Gasteiger partial charge in [-0.1, -0.05) is 27.3 Å². The summed E-state index contributed by atoms with van der Waals surface area (Å²) >= 11 is 4.71. The van der Waals surface area contributed by atoms with Crippen molar-refractivity contribution in [1.82, 2.24) is 14.6 Å². The van der Waals surface area contributed by atoms with E-state index >= 15 is 0 Å².